The van der Waals surface area contributed by atoms with Crippen LogP contribution in [0.1, 0.15) is 11.1 Å². The molecule has 1 heterocycles. The Balaban J connectivity index is 2.38. The molecule has 0 amide bonds. The molecular formula is C14H10BrCl2NO2S. The zero-order valence-electron chi connectivity index (χ0n) is 10.9. The van der Waals surface area contributed by atoms with Crippen molar-refractivity contribution < 1.29 is 8.42 Å². The van der Waals surface area contributed by atoms with E-state index in [1.165, 1.54) is 17.4 Å². The third-order valence-electron chi connectivity index (χ3n) is 3.51. The predicted octanol–water partition coefficient (Wildman–Crippen LogP) is 4.49. The first kappa shape index (κ1) is 15.2. The topological polar surface area (TPSA) is 37.4 Å². The number of benzene rings is 2. The number of hydrogen-bond donors (Lipinski definition) is 0. The lowest BCUT2D eigenvalue weighted by Gasteiger charge is -2.19. The number of rotatable bonds is 0. The first-order valence-corrected chi connectivity index (χ1v) is 9.05. The quantitative estimate of drug-likeness (QED) is 0.646. The van der Waals surface area contributed by atoms with Crippen molar-refractivity contribution in [2.24, 2.45) is 0 Å². The van der Waals surface area contributed by atoms with Gasteiger partial charge in [-0.3, -0.25) is 4.31 Å². The van der Waals surface area contributed by atoms with Crippen molar-refractivity contribution in [3.63, 3.8) is 0 Å². The van der Waals surface area contributed by atoms with Crippen molar-refractivity contribution in [1.29, 1.82) is 0 Å². The standard InChI is InChI=1S/C14H10BrCl2NO2S/c1-18-13-3-2-9(15)4-8(13)5-11-12(17)6-10(16)7-14(11)21(18,19)20/h2-4,6-7H,5H2,1H3. The van der Waals surface area contributed by atoms with Crippen LogP contribution in [-0.2, 0) is 16.4 Å². The highest BCUT2D eigenvalue weighted by molar-refractivity contribution is 9.10. The minimum absolute atomic E-state index is 0.162. The second-order valence-corrected chi connectivity index (χ2v) is 8.48. The van der Waals surface area contributed by atoms with Crippen LogP contribution >= 0.6 is 39.1 Å². The Kier molecular flexibility index (Phi) is 3.72. The van der Waals surface area contributed by atoms with E-state index >= 15 is 0 Å². The lowest BCUT2D eigenvalue weighted by molar-refractivity contribution is 0.594. The molecule has 3 rings (SSSR count). The molecule has 2 aromatic carbocycles. The van der Waals surface area contributed by atoms with E-state index < -0.39 is 10.0 Å². The predicted molar refractivity (Wildman–Crippen MR) is 89.0 cm³/mol. The summed E-state index contributed by atoms with van der Waals surface area (Å²) in [6.07, 6.45) is 0.434. The summed E-state index contributed by atoms with van der Waals surface area (Å²) in [4.78, 5) is 0.162. The van der Waals surface area contributed by atoms with E-state index in [4.69, 9.17) is 23.2 Å². The third-order valence-corrected chi connectivity index (χ3v) is 6.39. The van der Waals surface area contributed by atoms with Crippen LogP contribution in [0.25, 0.3) is 0 Å². The lowest BCUT2D eigenvalue weighted by Crippen LogP contribution is -2.26. The highest BCUT2D eigenvalue weighted by Crippen LogP contribution is 2.39. The van der Waals surface area contributed by atoms with Crippen LogP contribution in [0.15, 0.2) is 39.7 Å². The molecule has 0 aromatic heterocycles. The van der Waals surface area contributed by atoms with Crippen LogP contribution in [0.2, 0.25) is 10.0 Å². The SMILES string of the molecule is CN1c2ccc(Br)cc2Cc2c(Cl)cc(Cl)cc2S1(=O)=O. The van der Waals surface area contributed by atoms with Gasteiger partial charge in [-0.25, -0.2) is 8.42 Å². The normalized spacial score (nSPS) is 16.1. The summed E-state index contributed by atoms with van der Waals surface area (Å²) in [6, 6.07) is 8.52. The number of sulfonamides is 1. The third kappa shape index (κ3) is 2.46. The Hall–Kier alpha value is -0.750. The van der Waals surface area contributed by atoms with E-state index in [9.17, 15) is 8.42 Å². The van der Waals surface area contributed by atoms with Crippen molar-refractivity contribution >= 4 is 54.8 Å². The number of nitrogens with zero attached hydrogens (tertiary/aromatic N) is 1. The van der Waals surface area contributed by atoms with E-state index in [-0.39, 0.29) is 4.90 Å². The number of fused-ring (bicyclic) bond motifs is 2. The monoisotopic (exact) mass is 405 g/mol. The lowest BCUT2D eigenvalue weighted by atomic mass is 10.0. The molecule has 0 bridgehead atoms. The zero-order valence-corrected chi connectivity index (χ0v) is 14.8. The van der Waals surface area contributed by atoms with Gasteiger partial charge in [-0.05, 0) is 41.5 Å². The van der Waals surface area contributed by atoms with E-state index in [1.807, 2.05) is 12.1 Å². The van der Waals surface area contributed by atoms with Crippen LogP contribution in [0, 0.1) is 0 Å². The molecule has 1 aliphatic rings. The van der Waals surface area contributed by atoms with E-state index in [0.717, 1.165) is 10.0 Å². The van der Waals surface area contributed by atoms with E-state index in [2.05, 4.69) is 15.9 Å². The van der Waals surface area contributed by atoms with Gasteiger partial charge >= 0.3 is 0 Å². The van der Waals surface area contributed by atoms with Crippen LogP contribution in [-0.4, -0.2) is 15.5 Å². The zero-order chi connectivity index (χ0) is 15.4. The van der Waals surface area contributed by atoms with Gasteiger partial charge in [0.15, 0.2) is 0 Å². The number of halogens is 3. The minimum atomic E-state index is -3.68. The average molecular weight is 407 g/mol. The van der Waals surface area contributed by atoms with E-state index in [0.29, 0.717) is 27.7 Å². The molecular weight excluding hydrogens is 397 g/mol. The minimum Gasteiger partial charge on any atom is -0.269 e. The van der Waals surface area contributed by atoms with Gasteiger partial charge in [-0.15, -0.1) is 0 Å². The number of anilines is 1. The fourth-order valence-corrected chi connectivity index (χ4v) is 5.04. The van der Waals surface area contributed by atoms with Crippen molar-refractivity contribution in [3.05, 3.63) is 56.0 Å². The van der Waals surface area contributed by atoms with Crippen molar-refractivity contribution in [2.45, 2.75) is 11.3 Å². The average Bonchev–Trinajstić information content (AvgIpc) is 2.47. The number of hydrogen-bond acceptors (Lipinski definition) is 2. The van der Waals surface area contributed by atoms with Gasteiger partial charge in [0.1, 0.15) is 0 Å². The van der Waals surface area contributed by atoms with Crippen molar-refractivity contribution in [1.82, 2.24) is 0 Å². The molecule has 21 heavy (non-hydrogen) atoms. The van der Waals surface area contributed by atoms with E-state index in [1.54, 1.807) is 12.1 Å². The van der Waals surface area contributed by atoms with Crippen LogP contribution in [0.3, 0.4) is 0 Å². The molecule has 2 aromatic rings. The maximum absolute atomic E-state index is 12.8. The molecule has 0 radical (unpaired) electrons. The second-order valence-electron chi connectivity index (χ2n) is 4.79. The van der Waals surface area contributed by atoms with Gasteiger partial charge < -0.3 is 0 Å². The molecule has 0 atom stereocenters. The molecule has 0 saturated heterocycles. The molecule has 0 N–H and O–H groups in total. The Morgan fingerprint density at radius 1 is 1.19 bits per heavy atom. The Labute approximate surface area is 141 Å². The smallest absolute Gasteiger partial charge is 0.264 e. The maximum Gasteiger partial charge on any atom is 0.264 e. The summed E-state index contributed by atoms with van der Waals surface area (Å²) < 4.78 is 27.7. The summed E-state index contributed by atoms with van der Waals surface area (Å²) in [5.74, 6) is 0. The molecule has 7 heteroatoms. The maximum atomic E-state index is 12.8. The summed E-state index contributed by atoms with van der Waals surface area (Å²) >= 11 is 15.6. The summed E-state index contributed by atoms with van der Waals surface area (Å²) in [7, 11) is -2.15. The molecule has 1 aliphatic heterocycles. The Morgan fingerprint density at radius 2 is 1.90 bits per heavy atom. The molecule has 0 spiro atoms. The van der Waals surface area contributed by atoms with Crippen molar-refractivity contribution in [2.75, 3.05) is 11.4 Å². The highest BCUT2D eigenvalue weighted by atomic mass is 79.9. The molecule has 0 fully saturated rings. The molecule has 0 unspecified atom stereocenters. The van der Waals surface area contributed by atoms with Crippen molar-refractivity contribution in [3.8, 4) is 0 Å². The molecule has 0 aliphatic carbocycles. The second kappa shape index (κ2) is 5.16. The van der Waals surface area contributed by atoms with Gasteiger partial charge in [0.25, 0.3) is 10.0 Å². The molecule has 0 saturated carbocycles. The van der Waals surface area contributed by atoms with Crippen LogP contribution < -0.4 is 4.31 Å². The molecule has 110 valence electrons. The van der Waals surface area contributed by atoms with Gasteiger partial charge in [0.05, 0.1) is 10.6 Å². The highest BCUT2D eigenvalue weighted by Gasteiger charge is 2.31. The van der Waals surface area contributed by atoms with Gasteiger partial charge in [0.2, 0.25) is 0 Å². The van der Waals surface area contributed by atoms with Gasteiger partial charge in [0, 0.05) is 28.0 Å². The first-order valence-electron chi connectivity index (χ1n) is 6.06. The van der Waals surface area contributed by atoms with Gasteiger partial charge in [-0.2, -0.15) is 0 Å². The fraction of sp³-hybridized carbons (Fsp3) is 0.143. The first-order chi connectivity index (χ1) is 9.80. The van der Waals surface area contributed by atoms with Crippen LogP contribution in [0.4, 0.5) is 5.69 Å². The molecule has 3 nitrogen and oxygen atoms in total. The fourth-order valence-electron chi connectivity index (χ4n) is 2.45. The summed E-state index contributed by atoms with van der Waals surface area (Å²) in [5.41, 5.74) is 2.10. The largest absolute Gasteiger partial charge is 0.269 e. The Morgan fingerprint density at radius 3 is 2.62 bits per heavy atom. The van der Waals surface area contributed by atoms with Crippen LogP contribution in [0.5, 0.6) is 0 Å². The Bertz CT molecular complexity index is 852. The summed E-state index contributed by atoms with van der Waals surface area (Å²) in [6.45, 7) is 0. The van der Waals surface area contributed by atoms with Gasteiger partial charge in [-0.1, -0.05) is 39.1 Å². The summed E-state index contributed by atoms with van der Waals surface area (Å²) in [5, 5.41) is 0.671.